The summed E-state index contributed by atoms with van der Waals surface area (Å²) >= 11 is 6.06. The molecule has 1 aromatic heterocycles. The Morgan fingerprint density at radius 2 is 1.89 bits per heavy atom. The molecule has 2 amide bonds. The lowest BCUT2D eigenvalue weighted by Gasteiger charge is -2.33. The van der Waals surface area contributed by atoms with Gasteiger partial charge in [0.05, 0.1) is 19.6 Å². The number of aliphatic hydroxyl groups is 1. The maximum absolute atomic E-state index is 13.0. The van der Waals surface area contributed by atoms with Crippen LogP contribution >= 0.6 is 11.6 Å². The third kappa shape index (κ3) is 6.06. The van der Waals surface area contributed by atoms with Crippen molar-refractivity contribution < 1.29 is 29.0 Å². The summed E-state index contributed by atoms with van der Waals surface area (Å²) in [6.07, 6.45) is -2.82. The maximum atomic E-state index is 13.0. The molecule has 4 rings (SSSR count). The summed E-state index contributed by atoms with van der Waals surface area (Å²) in [5.41, 5.74) is 5.01. The number of aromatic nitrogens is 2. The largest absolute Gasteiger partial charge is 0.479 e. The van der Waals surface area contributed by atoms with Gasteiger partial charge in [0.25, 0.3) is 11.8 Å². The van der Waals surface area contributed by atoms with Gasteiger partial charge in [0.2, 0.25) is 0 Å². The number of aliphatic carboxylic acids is 1. The Morgan fingerprint density at radius 3 is 2.53 bits per heavy atom. The highest BCUT2D eigenvalue weighted by Gasteiger charge is 2.32. The quantitative estimate of drug-likeness (QED) is 0.320. The van der Waals surface area contributed by atoms with Crippen molar-refractivity contribution in [3.8, 4) is 11.1 Å². The van der Waals surface area contributed by atoms with Crippen molar-refractivity contribution in [2.45, 2.75) is 18.8 Å². The van der Waals surface area contributed by atoms with Crippen LogP contribution in [0.25, 0.3) is 11.1 Å². The number of hydrogen-bond acceptors (Lipinski definition) is 6. The van der Waals surface area contributed by atoms with E-state index >= 15 is 0 Å². The summed E-state index contributed by atoms with van der Waals surface area (Å²) in [5.74, 6) is -2.64. The van der Waals surface area contributed by atoms with Crippen molar-refractivity contribution in [2.24, 2.45) is 0 Å². The summed E-state index contributed by atoms with van der Waals surface area (Å²) in [7, 11) is 0. The number of rotatable bonds is 9. The van der Waals surface area contributed by atoms with Crippen molar-refractivity contribution in [3.63, 3.8) is 0 Å². The summed E-state index contributed by atoms with van der Waals surface area (Å²) in [6.45, 7) is -0.367. The molecular weight excluding hydrogens is 493 g/mol. The summed E-state index contributed by atoms with van der Waals surface area (Å²) in [4.78, 5) is 37.5. The van der Waals surface area contributed by atoms with Crippen LogP contribution in [0, 0.1) is 0 Å². The first kappa shape index (κ1) is 25.3. The van der Waals surface area contributed by atoms with Gasteiger partial charge >= 0.3 is 5.97 Å². The number of aliphatic hydroxyl groups excluding tert-OH is 1. The van der Waals surface area contributed by atoms with E-state index in [2.05, 4.69) is 15.6 Å². The number of halogens is 2. The van der Waals surface area contributed by atoms with Crippen molar-refractivity contribution >= 4 is 29.4 Å². The third-order valence-corrected chi connectivity index (χ3v) is 5.82. The van der Waals surface area contributed by atoms with Crippen LogP contribution in [0.1, 0.15) is 26.5 Å². The zero-order chi connectivity index (χ0) is 25.8. The fraction of sp³-hybridized carbons (Fsp3) is 0.250. The molecule has 0 radical (unpaired) electrons. The van der Waals surface area contributed by atoms with Crippen LogP contribution < -0.4 is 5.43 Å². The molecule has 1 unspecified atom stereocenters. The van der Waals surface area contributed by atoms with Crippen LogP contribution in [0.5, 0.6) is 0 Å². The molecule has 12 heteroatoms. The molecule has 1 atom stereocenters. The number of nitrogens with zero attached hydrogens (tertiary/aromatic N) is 3. The molecule has 0 spiro atoms. The highest BCUT2D eigenvalue weighted by atomic mass is 35.5. The number of carbonyl (C=O) groups excluding carboxylic acids is 2. The highest BCUT2D eigenvalue weighted by molar-refractivity contribution is 6.30. The summed E-state index contributed by atoms with van der Waals surface area (Å²) in [5, 5.41) is 27.1. The van der Waals surface area contributed by atoms with E-state index in [1.54, 1.807) is 18.2 Å². The van der Waals surface area contributed by atoms with Gasteiger partial charge in [-0.3, -0.25) is 20.1 Å². The zero-order valence-electron chi connectivity index (χ0n) is 18.9. The molecule has 10 nitrogen and oxygen atoms in total. The van der Waals surface area contributed by atoms with Crippen molar-refractivity contribution in [2.75, 3.05) is 19.6 Å². The average Bonchev–Trinajstić information content (AvgIpc) is 3.32. The Labute approximate surface area is 210 Å². The molecule has 2 heterocycles. The fourth-order valence-corrected chi connectivity index (χ4v) is 3.82. The van der Waals surface area contributed by atoms with Crippen molar-refractivity contribution in [3.05, 3.63) is 76.6 Å². The molecule has 36 heavy (non-hydrogen) atoms. The molecule has 188 valence electrons. The number of hydrazine groups is 1. The molecular formula is C24H23ClFN5O5. The van der Waals surface area contributed by atoms with E-state index in [1.807, 2.05) is 30.3 Å². The molecule has 0 aliphatic carbocycles. The van der Waals surface area contributed by atoms with Gasteiger partial charge < -0.3 is 15.1 Å². The second-order valence-corrected chi connectivity index (χ2v) is 8.79. The Kier molecular flexibility index (Phi) is 7.63. The number of carboxylic acids is 1. The number of nitrogens with one attached hydrogen (secondary N) is 2. The van der Waals surface area contributed by atoms with E-state index in [9.17, 15) is 23.9 Å². The molecule has 1 fully saturated rings. The summed E-state index contributed by atoms with van der Waals surface area (Å²) < 4.78 is 13.0. The second-order valence-electron chi connectivity index (χ2n) is 8.36. The Bertz CT molecular complexity index is 1260. The van der Waals surface area contributed by atoms with E-state index in [0.717, 1.165) is 16.7 Å². The molecule has 1 aliphatic rings. The molecule has 3 aromatic rings. The van der Waals surface area contributed by atoms with Gasteiger partial charge in [-0.25, -0.2) is 14.2 Å². The first-order chi connectivity index (χ1) is 17.2. The van der Waals surface area contributed by atoms with Gasteiger partial charge in [0.15, 0.2) is 11.8 Å². The molecule has 4 N–H and O–H groups in total. The van der Waals surface area contributed by atoms with Crippen LogP contribution in [0.15, 0.2) is 54.6 Å². The van der Waals surface area contributed by atoms with E-state index in [-0.39, 0.29) is 31.0 Å². The monoisotopic (exact) mass is 515 g/mol. The van der Waals surface area contributed by atoms with Gasteiger partial charge in [-0.05, 0) is 28.8 Å². The van der Waals surface area contributed by atoms with Crippen molar-refractivity contribution in [1.29, 1.82) is 0 Å². The molecule has 0 saturated carbocycles. The molecule has 0 bridgehead atoms. The number of alkyl halides is 1. The first-order valence-electron chi connectivity index (χ1n) is 11.0. The number of amides is 2. The molecule has 1 saturated heterocycles. The normalized spacial score (nSPS) is 14.4. The fourth-order valence-electron chi connectivity index (χ4n) is 3.63. The maximum Gasteiger partial charge on any atom is 0.333 e. The van der Waals surface area contributed by atoms with Crippen LogP contribution in [0.3, 0.4) is 0 Å². The highest BCUT2D eigenvalue weighted by Crippen LogP contribution is 2.23. The average molecular weight is 516 g/mol. The lowest BCUT2D eigenvalue weighted by Crippen LogP contribution is -2.51. The number of hydrogen-bond donors (Lipinski definition) is 4. The third-order valence-electron chi connectivity index (χ3n) is 5.59. The van der Waals surface area contributed by atoms with E-state index in [0.29, 0.717) is 5.02 Å². The van der Waals surface area contributed by atoms with Crippen LogP contribution in [0.4, 0.5) is 4.39 Å². The predicted molar refractivity (Wildman–Crippen MR) is 128 cm³/mol. The minimum absolute atomic E-state index is 0.0236. The zero-order valence-corrected chi connectivity index (χ0v) is 19.7. The number of carbonyl (C=O) groups is 3. The van der Waals surface area contributed by atoms with Gasteiger partial charge in [0, 0.05) is 17.6 Å². The van der Waals surface area contributed by atoms with Gasteiger partial charge in [-0.1, -0.05) is 48.0 Å². The lowest BCUT2D eigenvalue weighted by atomic mass is 10.0. The van der Waals surface area contributed by atoms with Crippen LogP contribution in [0.2, 0.25) is 5.02 Å². The predicted octanol–water partition coefficient (Wildman–Crippen LogP) is 2.12. The Balaban J connectivity index is 1.45. The topological polar surface area (TPSA) is 139 Å². The van der Waals surface area contributed by atoms with Gasteiger partial charge in [-0.15, -0.1) is 0 Å². The lowest BCUT2D eigenvalue weighted by molar-refractivity contribution is -0.148. The number of benzene rings is 2. The van der Waals surface area contributed by atoms with E-state index in [1.165, 1.54) is 16.0 Å². The Morgan fingerprint density at radius 1 is 1.17 bits per heavy atom. The first-order valence-corrected chi connectivity index (χ1v) is 11.4. The van der Waals surface area contributed by atoms with Crippen molar-refractivity contribution in [1.82, 2.24) is 25.5 Å². The number of carboxylic acid groups (broad SMARTS) is 1. The van der Waals surface area contributed by atoms with E-state index < -0.39 is 36.6 Å². The van der Waals surface area contributed by atoms with Gasteiger partial charge in [-0.2, -0.15) is 5.10 Å². The number of H-pyrrole nitrogens is 1. The van der Waals surface area contributed by atoms with Crippen LogP contribution in [-0.4, -0.2) is 80.0 Å². The second kappa shape index (κ2) is 10.9. The number of aromatic amines is 1. The SMILES string of the molecule is O=C(NN(Cc1ccc(-c2cccc(Cl)c2)cc1)CC(O)C(=O)O)c1cc(C(=O)N2CC(F)C2)n[nH]1. The Hall–Kier alpha value is -3.80. The number of likely N-dealkylation sites (tertiary alicyclic amines) is 1. The minimum Gasteiger partial charge on any atom is -0.479 e. The standard InChI is InChI=1S/C24H23ClFN5O5/c25-17-3-1-2-16(8-17)15-6-4-14(5-7-15)10-31(13-21(32)24(35)36)29-22(33)19-9-20(28-27-19)23(34)30-11-18(26)12-30/h1-9,18,21,32H,10-13H2,(H,27,28)(H,29,33)(H,35,36). The molecule has 2 aromatic carbocycles. The van der Waals surface area contributed by atoms with E-state index in [4.69, 9.17) is 16.7 Å². The van der Waals surface area contributed by atoms with Crippen LogP contribution in [-0.2, 0) is 11.3 Å². The summed E-state index contributed by atoms with van der Waals surface area (Å²) in [6, 6.07) is 15.9. The molecule has 1 aliphatic heterocycles. The minimum atomic E-state index is -1.75. The smallest absolute Gasteiger partial charge is 0.333 e. The van der Waals surface area contributed by atoms with Gasteiger partial charge in [0.1, 0.15) is 11.9 Å².